The molecule has 0 rings (SSSR count). The monoisotopic (exact) mass is 1240 g/mol. The zero-order valence-electron chi connectivity index (χ0n) is 59.7. The zero-order chi connectivity index (χ0) is 63.5. The summed E-state index contributed by atoms with van der Waals surface area (Å²) in [6, 6.07) is -0.628. The van der Waals surface area contributed by atoms with Gasteiger partial charge in [-0.25, -0.2) is 0 Å². The smallest absolute Gasteiger partial charge is 0.305 e. The first-order valence-corrected chi connectivity index (χ1v) is 40.3. The number of unbranched alkanes of at least 4 members (excludes halogenated alkanes) is 61. The number of carbonyl (C=O) groups excluding carboxylic acids is 2. The van der Waals surface area contributed by atoms with Crippen molar-refractivity contribution in [1.29, 1.82) is 0 Å². The number of hydrogen-bond acceptors (Lipinski definition) is 5. The van der Waals surface area contributed by atoms with Crippen molar-refractivity contribution in [1.82, 2.24) is 5.32 Å². The van der Waals surface area contributed by atoms with Crippen LogP contribution in [-0.2, 0) is 14.3 Å². The Bertz CT molecular complexity index is 1430. The van der Waals surface area contributed by atoms with Gasteiger partial charge in [0.1, 0.15) is 0 Å². The van der Waals surface area contributed by atoms with Crippen LogP contribution in [0.25, 0.3) is 0 Å². The average molecular weight is 1240 g/mol. The van der Waals surface area contributed by atoms with Crippen molar-refractivity contribution in [2.45, 2.75) is 463 Å². The summed E-state index contributed by atoms with van der Waals surface area (Å²) < 4.78 is 5.52. The van der Waals surface area contributed by atoms with E-state index in [1.165, 1.54) is 372 Å². The molecule has 2 atom stereocenters. The summed E-state index contributed by atoms with van der Waals surface area (Å²) in [6.07, 6.45) is 101. The molecule has 0 aliphatic heterocycles. The van der Waals surface area contributed by atoms with E-state index in [0.717, 1.165) is 51.4 Å². The molecule has 2 unspecified atom stereocenters. The van der Waals surface area contributed by atoms with Crippen LogP contribution in [0.1, 0.15) is 450 Å². The Morgan fingerprint density at radius 3 is 0.886 bits per heavy atom. The van der Waals surface area contributed by atoms with Gasteiger partial charge in [-0.1, -0.05) is 410 Å². The molecule has 0 heterocycles. The molecular weight excluding hydrogens is 1080 g/mol. The van der Waals surface area contributed by atoms with E-state index in [1.807, 2.05) is 6.08 Å². The minimum atomic E-state index is -0.845. The molecule has 0 aromatic rings. The van der Waals surface area contributed by atoms with Crippen molar-refractivity contribution in [3.05, 3.63) is 36.5 Å². The van der Waals surface area contributed by atoms with Gasteiger partial charge >= 0.3 is 5.97 Å². The van der Waals surface area contributed by atoms with Crippen molar-refractivity contribution < 1.29 is 24.5 Å². The number of amides is 1. The van der Waals surface area contributed by atoms with E-state index < -0.39 is 12.1 Å². The summed E-state index contributed by atoms with van der Waals surface area (Å²) >= 11 is 0. The molecule has 0 aromatic carbocycles. The Hall–Kier alpha value is -1.92. The molecule has 1 amide bonds. The number of rotatable bonds is 76. The van der Waals surface area contributed by atoms with Crippen LogP contribution in [0.2, 0.25) is 0 Å². The molecule has 0 radical (unpaired) electrons. The summed E-state index contributed by atoms with van der Waals surface area (Å²) in [5, 5.41) is 23.3. The maximum absolute atomic E-state index is 12.6. The van der Waals surface area contributed by atoms with Crippen molar-refractivity contribution in [2.75, 3.05) is 13.2 Å². The number of hydrogen-bond donors (Lipinski definition) is 3. The van der Waals surface area contributed by atoms with Crippen molar-refractivity contribution in [3.63, 3.8) is 0 Å². The van der Waals surface area contributed by atoms with Crippen molar-refractivity contribution in [3.8, 4) is 0 Å². The van der Waals surface area contributed by atoms with Crippen LogP contribution >= 0.6 is 0 Å². The van der Waals surface area contributed by atoms with E-state index in [-0.39, 0.29) is 18.5 Å². The highest BCUT2D eigenvalue weighted by Crippen LogP contribution is 2.20. The Kier molecular flexibility index (Phi) is 75.8. The molecule has 6 heteroatoms. The molecule has 0 fully saturated rings. The summed E-state index contributed by atoms with van der Waals surface area (Å²) in [7, 11) is 0. The molecule has 520 valence electrons. The highest BCUT2D eigenvalue weighted by Gasteiger charge is 2.18. The van der Waals surface area contributed by atoms with E-state index >= 15 is 0 Å². The van der Waals surface area contributed by atoms with Gasteiger partial charge in [-0.15, -0.1) is 0 Å². The van der Waals surface area contributed by atoms with Crippen LogP contribution in [0.15, 0.2) is 36.5 Å². The number of ether oxygens (including phenoxy) is 1. The molecule has 0 aliphatic carbocycles. The number of nitrogens with one attached hydrogen (secondary N) is 1. The first-order valence-electron chi connectivity index (χ1n) is 40.3. The molecule has 88 heavy (non-hydrogen) atoms. The number of esters is 1. The first-order chi connectivity index (χ1) is 43.5. The topological polar surface area (TPSA) is 95.9 Å². The minimum absolute atomic E-state index is 0.0149. The number of allylic oxidation sites excluding steroid dienone is 5. The fourth-order valence-electron chi connectivity index (χ4n) is 12.8. The highest BCUT2D eigenvalue weighted by atomic mass is 16.5. The van der Waals surface area contributed by atoms with E-state index in [9.17, 15) is 19.8 Å². The van der Waals surface area contributed by atoms with Gasteiger partial charge in [0.25, 0.3) is 0 Å². The van der Waals surface area contributed by atoms with E-state index in [4.69, 9.17) is 4.74 Å². The van der Waals surface area contributed by atoms with Gasteiger partial charge in [0.05, 0.1) is 25.4 Å². The normalized spacial score (nSPS) is 12.6. The Labute approximate surface area is 551 Å². The lowest BCUT2D eigenvalue weighted by atomic mass is 10.0. The van der Waals surface area contributed by atoms with Crippen LogP contribution in [0.4, 0.5) is 0 Å². The second-order valence-corrected chi connectivity index (χ2v) is 27.8. The van der Waals surface area contributed by atoms with Crippen LogP contribution < -0.4 is 5.32 Å². The summed E-state index contributed by atoms with van der Waals surface area (Å²) in [6.45, 7) is 4.93. The first kappa shape index (κ1) is 86.1. The van der Waals surface area contributed by atoms with Gasteiger partial charge in [0, 0.05) is 12.8 Å². The molecule has 0 saturated heterocycles. The van der Waals surface area contributed by atoms with Crippen LogP contribution in [0, 0.1) is 0 Å². The Balaban J connectivity index is 3.37. The molecule has 0 spiro atoms. The zero-order valence-corrected chi connectivity index (χ0v) is 59.7. The minimum Gasteiger partial charge on any atom is -0.466 e. The predicted octanol–water partition coefficient (Wildman–Crippen LogP) is 26.6. The predicted molar refractivity (Wildman–Crippen MR) is 389 cm³/mol. The molecule has 0 aliphatic rings. The number of aliphatic hydroxyl groups excluding tert-OH is 2. The fourth-order valence-corrected chi connectivity index (χ4v) is 12.8. The van der Waals surface area contributed by atoms with Gasteiger partial charge in [-0.2, -0.15) is 0 Å². The molecule has 6 nitrogen and oxygen atoms in total. The standard InChI is InChI=1S/C82H157NO5/c1-3-5-7-9-11-13-15-17-19-21-23-24-25-29-32-35-39-42-46-50-54-58-62-66-70-74-80(85)79(78-84)83-81(86)75-71-67-63-59-55-51-47-43-40-36-33-30-27-26-28-31-34-37-41-45-49-53-57-61-65-69-73-77-88-82(87)76-72-68-64-60-56-52-48-44-38-22-20-18-16-14-12-10-8-6-4-2/h12,14,18,20,70,74,79-80,84-85H,3-11,13,15-17,19,21-69,71-73,75-78H2,1-2H3,(H,83,86)/b14-12-,20-18-,74-70+. The fraction of sp³-hybridized carbons (Fsp3) is 0.902. The summed E-state index contributed by atoms with van der Waals surface area (Å²) in [4.78, 5) is 24.7. The maximum Gasteiger partial charge on any atom is 0.305 e. The van der Waals surface area contributed by atoms with E-state index in [1.54, 1.807) is 6.08 Å². The lowest BCUT2D eigenvalue weighted by molar-refractivity contribution is -0.143. The lowest BCUT2D eigenvalue weighted by Gasteiger charge is -2.20. The third kappa shape index (κ3) is 73.1. The molecule has 0 saturated carbocycles. The molecule has 3 N–H and O–H groups in total. The van der Waals surface area contributed by atoms with E-state index in [2.05, 4.69) is 43.5 Å². The van der Waals surface area contributed by atoms with Crippen LogP contribution in [-0.4, -0.2) is 47.4 Å². The van der Waals surface area contributed by atoms with Crippen LogP contribution in [0.3, 0.4) is 0 Å². The van der Waals surface area contributed by atoms with Crippen molar-refractivity contribution >= 4 is 11.9 Å². The third-order valence-electron chi connectivity index (χ3n) is 18.9. The Morgan fingerprint density at radius 2 is 0.568 bits per heavy atom. The second-order valence-electron chi connectivity index (χ2n) is 27.8. The van der Waals surface area contributed by atoms with Gasteiger partial charge in [-0.3, -0.25) is 9.59 Å². The lowest BCUT2D eigenvalue weighted by Crippen LogP contribution is -2.45. The molecule has 0 bridgehead atoms. The number of carbonyl (C=O) groups is 2. The maximum atomic E-state index is 12.6. The van der Waals surface area contributed by atoms with Gasteiger partial charge in [0.2, 0.25) is 5.91 Å². The van der Waals surface area contributed by atoms with Crippen LogP contribution in [0.5, 0.6) is 0 Å². The summed E-state index contributed by atoms with van der Waals surface area (Å²) in [5.74, 6) is -0.0452. The third-order valence-corrected chi connectivity index (χ3v) is 18.9. The average Bonchev–Trinajstić information content (AvgIpc) is 3.58. The van der Waals surface area contributed by atoms with Gasteiger partial charge in [-0.05, 0) is 64.2 Å². The summed E-state index contributed by atoms with van der Waals surface area (Å²) in [5.41, 5.74) is 0. The van der Waals surface area contributed by atoms with Gasteiger partial charge < -0.3 is 20.3 Å². The van der Waals surface area contributed by atoms with E-state index in [0.29, 0.717) is 19.4 Å². The number of aliphatic hydroxyl groups is 2. The quantitative estimate of drug-likeness (QED) is 0.0320. The van der Waals surface area contributed by atoms with Crippen molar-refractivity contribution in [2.24, 2.45) is 0 Å². The highest BCUT2D eigenvalue weighted by molar-refractivity contribution is 5.76. The second kappa shape index (κ2) is 77.5. The largest absolute Gasteiger partial charge is 0.466 e. The van der Waals surface area contributed by atoms with Gasteiger partial charge in [0.15, 0.2) is 0 Å². The Morgan fingerprint density at radius 1 is 0.318 bits per heavy atom. The molecular formula is C82H157NO5. The molecule has 0 aromatic heterocycles. The SMILES string of the molecule is CCCCC/C=C\C/C=C\CCCCCCCCCCCC(=O)OCCCCCCCCCCCCCCCCCCCCCCCCCCCCCC(=O)NC(CO)C(O)/C=C/CCCCCCCCCCCCCCCCCCCCCCCCC.